The molecule has 3 aliphatic rings. The zero-order valence-corrected chi connectivity index (χ0v) is 13.4. The zero-order valence-electron chi connectivity index (χ0n) is 11.8. The minimum absolute atomic E-state index is 0.135. The molecule has 0 aromatic heterocycles. The Hall–Kier alpha value is -0.620. The lowest BCUT2D eigenvalue weighted by Crippen LogP contribution is -2.47. The van der Waals surface area contributed by atoms with Crippen LogP contribution in [0.1, 0.15) is 26.7 Å². The molecule has 3 rings (SSSR count). The van der Waals surface area contributed by atoms with Crippen molar-refractivity contribution < 1.29 is 19.1 Å². The number of hydrogen-bond donors (Lipinski definition) is 0. The highest BCUT2D eigenvalue weighted by atomic mass is 32.2. The maximum absolute atomic E-state index is 12.4. The molecular weight excluding hydrogens is 296 g/mol. The van der Waals surface area contributed by atoms with Gasteiger partial charge in [-0.05, 0) is 26.7 Å². The monoisotopic (exact) mass is 316 g/mol. The number of carbonyl (C=O) groups excluding carboxylic acids is 2. The van der Waals surface area contributed by atoms with Crippen LogP contribution >= 0.6 is 23.5 Å². The van der Waals surface area contributed by atoms with Crippen LogP contribution in [0.4, 0.5) is 0 Å². The number of rotatable bonds is 6. The third-order valence-corrected chi connectivity index (χ3v) is 6.84. The van der Waals surface area contributed by atoms with Gasteiger partial charge < -0.3 is 9.47 Å². The number of fused-ring (bicyclic) bond motifs is 2. The highest BCUT2D eigenvalue weighted by molar-refractivity contribution is 8.20. The Morgan fingerprint density at radius 3 is 2.50 bits per heavy atom. The highest BCUT2D eigenvalue weighted by Crippen LogP contribution is 2.56. The Morgan fingerprint density at radius 2 is 2.00 bits per heavy atom. The minimum atomic E-state index is -0.680. The van der Waals surface area contributed by atoms with Crippen molar-refractivity contribution in [1.29, 1.82) is 0 Å². The van der Waals surface area contributed by atoms with Crippen LogP contribution in [0.25, 0.3) is 0 Å². The molecule has 3 atom stereocenters. The summed E-state index contributed by atoms with van der Waals surface area (Å²) in [4.78, 5) is 24.0. The average molecular weight is 316 g/mol. The first-order valence-electron chi connectivity index (χ1n) is 6.95. The van der Waals surface area contributed by atoms with Gasteiger partial charge in [-0.1, -0.05) is 12.2 Å². The first-order chi connectivity index (χ1) is 9.62. The fraction of sp³-hybridized carbons (Fsp3) is 0.714. The van der Waals surface area contributed by atoms with Crippen LogP contribution in [0.3, 0.4) is 0 Å². The van der Waals surface area contributed by atoms with Gasteiger partial charge in [-0.2, -0.15) is 0 Å². The normalized spacial score (nSPS) is 31.1. The standard InChI is InChI=1S/C14H20O4S2/c1-3-17-12(15)9-19-14(13(16)18-4-2)10-5-7-11(20-14)8-6-10/h5,7,10-11H,3-4,6,8-9H2,1-2H3. The third-order valence-electron chi connectivity index (χ3n) is 3.40. The summed E-state index contributed by atoms with van der Waals surface area (Å²) in [6.07, 6.45) is 6.34. The van der Waals surface area contributed by atoms with E-state index < -0.39 is 4.08 Å². The maximum Gasteiger partial charge on any atom is 0.333 e. The SMILES string of the molecule is CCOC(=O)CSC1(C(=O)OCC)SC2C=CC1CC2. The molecule has 0 spiro atoms. The van der Waals surface area contributed by atoms with Crippen LogP contribution < -0.4 is 0 Å². The first kappa shape index (κ1) is 15.8. The lowest BCUT2D eigenvalue weighted by atomic mass is 9.91. The fourth-order valence-electron chi connectivity index (χ4n) is 2.52. The molecule has 2 aliphatic heterocycles. The summed E-state index contributed by atoms with van der Waals surface area (Å²) in [5.41, 5.74) is 0. The van der Waals surface area contributed by atoms with E-state index in [0.717, 1.165) is 12.8 Å². The number of thioether (sulfide) groups is 2. The summed E-state index contributed by atoms with van der Waals surface area (Å²) in [5.74, 6) is -0.155. The Labute approximate surface area is 128 Å². The van der Waals surface area contributed by atoms with Crippen molar-refractivity contribution in [2.45, 2.75) is 36.0 Å². The van der Waals surface area contributed by atoms with Crippen LogP contribution in [0.2, 0.25) is 0 Å². The fourth-order valence-corrected chi connectivity index (χ4v) is 5.74. The summed E-state index contributed by atoms with van der Waals surface area (Å²) in [6, 6.07) is 0. The zero-order chi connectivity index (χ0) is 14.6. The van der Waals surface area contributed by atoms with Crippen molar-refractivity contribution in [2.75, 3.05) is 19.0 Å². The minimum Gasteiger partial charge on any atom is -0.465 e. The number of hydrogen-bond acceptors (Lipinski definition) is 6. The van der Waals surface area contributed by atoms with Crippen LogP contribution in [-0.2, 0) is 19.1 Å². The molecule has 1 aliphatic carbocycles. The molecule has 112 valence electrons. The van der Waals surface area contributed by atoms with Crippen molar-refractivity contribution in [2.24, 2.45) is 5.92 Å². The number of esters is 2. The van der Waals surface area contributed by atoms with Gasteiger partial charge in [0.05, 0.1) is 19.0 Å². The molecule has 3 unspecified atom stereocenters. The van der Waals surface area contributed by atoms with Crippen LogP contribution in [0.5, 0.6) is 0 Å². The number of ether oxygens (including phenoxy) is 2. The molecule has 6 heteroatoms. The number of carbonyl (C=O) groups is 2. The molecule has 4 nitrogen and oxygen atoms in total. The van der Waals surface area contributed by atoms with Crippen molar-refractivity contribution >= 4 is 35.5 Å². The molecule has 2 heterocycles. The van der Waals surface area contributed by atoms with Gasteiger partial charge in [0.25, 0.3) is 0 Å². The van der Waals surface area contributed by atoms with E-state index in [9.17, 15) is 9.59 Å². The van der Waals surface area contributed by atoms with Gasteiger partial charge in [-0.15, -0.1) is 23.5 Å². The average Bonchev–Trinajstić information content (AvgIpc) is 2.47. The largest absolute Gasteiger partial charge is 0.465 e. The predicted molar refractivity (Wildman–Crippen MR) is 81.7 cm³/mol. The smallest absolute Gasteiger partial charge is 0.333 e. The van der Waals surface area contributed by atoms with Gasteiger partial charge >= 0.3 is 11.9 Å². The van der Waals surface area contributed by atoms with E-state index in [0.29, 0.717) is 18.5 Å². The summed E-state index contributed by atoms with van der Waals surface area (Å²) in [7, 11) is 0. The summed E-state index contributed by atoms with van der Waals surface area (Å²) in [6.45, 7) is 4.32. The maximum atomic E-state index is 12.4. The van der Waals surface area contributed by atoms with Gasteiger partial charge in [0.15, 0.2) is 4.08 Å². The molecule has 0 aromatic carbocycles. The van der Waals surface area contributed by atoms with Gasteiger partial charge in [0.1, 0.15) is 0 Å². The number of allylic oxidation sites excluding steroid dienone is 1. The highest BCUT2D eigenvalue weighted by Gasteiger charge is 2.53. The van der Waals surface area contributed by atoms with Crippen LogP contribution in [-0.4, -0.2) is 40.2 Å². The van der Waals surface area contributed by atoms with E-state index in [-0.39, 0.29) is 23.6 Å². The lowest BCUT2D eigenvalue weighted by Gasteiger charge is -2.45. The summed E-state index contributed by atoms with van der Waals surface area (Å²) >= 11 is 3.00. The second kappa shape index (κ2) is 6.89. The van der Waals surface area contributed by atoms with Gasteiger partial charge in [0.2, 0.25) is 0 Å². The Morgan fingerprint density at radius 1 is 1.25 bits per heavy atom. The van der Waals surface area contributed by atoms with Crippen molar-refractivity contribution in [3.05, 3.63) is 12.2 Å². The van der Waals surface area contributed by atoms with Gasteiger partial charge in [0, 0.05) is 11.2 Å². The van der Waals surface area contributed by atoms with Crippen molar-refractivity contribution in [3.63, 3.8) is 0 Å². The molecule has 2 bridgehead atoms. The second-order valence-electron chi connectivity index (χ2n) is 4.71. The molecule has 0 amide bonds. The third kappa shape index (κ3) is 3.17. The summed E-state index contributed by atoms with van der Waals surface area (Å²) < 4.78 is 9.54. The topological polar surface area (TPSA) is 52.6 Å². The van der Waals surface area contributed by atoms with E-state index in [2.05, 4.69) is 12.2 Å². The van der Waals surface area contributed by atoms with Crippen LogP contribution in [0.15, 0.2) is 12.2 Å². The first-order valence-corrected chi connectivity index (χ1v) is 8.81. The molecule has 1 fully saturated rings. The molecule has 0 N–H and O–H groups in total. The van der Waals surface area contributed by atoms with E-state index >= 15 is 0 Å². The summed E-state index contributed by atoms with van der Waals surface area (Å²) in [5, 5.41) is 0.346. The molecule has 0 radical (unpaired) electrons. The lowest BCUT2D eigenvalue weighted by molar-refractivity contribution is -0.144. The Balaban J connectivity index is 2.11. The predicted octanol–water partition coefficient (Wildman–Crippen LogP) is 2.62. The molecule has 0 aromatic rings. The molecular formula is C14H20O4S2. The van der Waals surface area contributed by atoms with E-state index in [4.69, 9.17) is 9.47 Å². The molecule has 0 saturated carbocycles. The van der Waals surface area contributed by atoms with Crippen molar-refractivity contribution in [3.8, 4) is 0 Å². The Bertz CT molecular complexity index is 410. The van der Waals surface area contributed by atoms with Gasteiger partial charge in [-0.3, -0.25) is 4.79 Å². The Kier molecular flexibility index (Phi) is 5.43. The quantitative estimate of drug-likeness (QED) is 0.554. The van der Waals surface area contributed by atoms with Crippen LogP contribution in [0, 0.1) is 5.92 Å². The van der Waals surface area contributed by atoms with E-state index in [1.54, 1.807) is 18.7 Å². The van der Waals surface area contributed by atoms with E-state index in [1.807, 2.05) is 6.92 Å². The van der Waals surface area contributed by atoms with Crippen molar-refractivity contribution in [1.82, 2.24) is 0 Å². The van der Waals surface area contributed by atoms with Gasteiger partial charge in [-0.25, -0.2) is 4.79 Å². The molecule has 1 saturated heterocycles. The molecule has 20 heavy (non-hydrogen) atoms. The second-order valence-corrected chi connectivity index (χ2v) is 7.67. The van der Waals surface area contributed by atoms with E-state index in [1.165, 1.54) is 11.8 Å².